The molecule has 0 atom stereocenters. The molecule has 5 heteroatoms. The van der Waals surface area contributed by atoms with E-state index < -0.39 is 0 Å². The van der Waals surface area contributed by atoms with E-state index in [9.17, 15) is 4.79 Å². The molecule has 1 aliphatic heterocycles. The lowest BCUT2D eigenvalue weighted by molar-refractivity contribution is 0.102. The zero-order chi connectivity index (χ0) is 17.1. The highest BCUT2D eigenvalue weighted by Crippen LogP contribution is 2.21. The first-order valence-corrected chi connectivity index (χ1v) is 8.49. The maximum Gasteiger partial charge on any atom is 0.275 e. The minimum Gasteiger partial charge on any atom is -0.355 e. The van der Waals surface area contributed by atoms with Crippen molar-refractivity contribution >= 4 is 17.4 Å². The van der Waals surface area contributed by atoms with Crippen LogP contribution in [0.25, 0.3) is 0 Å². The third-order valence-electron chi connectivity index (χ3n) is 4.83. The Bertz CT molecular complexity index is 719. The van der Waals surface area contributed by atoms with E-state index in [1.165, 1.54) is 12.8 Å². The Labute approximate surface area is 143 Å². The highest BCUT2D eigenvalue weighted by atomic mass is 16.1. The highest BCUT2D eigenvalue weighted by molar-refractivity contribution is 6.03. The van der Waals surface area contributed by atoms with Crippen LogP contribution >= 0.6 is 0 Å². The van der Waals surface area contributed by atoms with Crippen LogP contribution in [0.1, 0.15) is 41.4 Å². The molecule has 0 unspecified atom stereocenters. The molecule has 1 fully saturated rings. The number of carbonyl (C=O) groups excluding carboxylic acids is 1. The molecule has 2 aromatic rings. The Morgan fingerprint density at radius 1 is 1.17 bits per heavy atom. The lowest BCUT2D eigenvalue weighted by Gasteiger charge is -2.30. The largest absolute Gasteiger partial charge is 0.355 e. The number of hydrogen-bond acceptors (Lipinski definition) is 4. The first-order chi connectivity index (χ1) is 11.5. The van der Waals surface area contributed by atoms with Gasteiger partial charge in [-0.25, -0.2) is 9.97 Å². The molecule has 0 radical (unpaired) electrons. The lowest BCUT2D eigenvalue weighted by atomic mass is 9.99. The smallest absolute Gasteiger partial charge is 0.275 e. The van der Waals surface area contributed by atoms with Gasteiger partial charge in [-0.3, -0.25) is 4.79 Å². The molecule has 126 valence electrons. The maximum absolute atomic E-state index is 12.4. The molecule has 1 aromatic heterocycles. The van der Waals surface area contributed by atoms with Crippen LogP contribution in [0, 0.1) is 19.8 Å². The van der Waals surface area contributed by atoms with E-state index >= 15 is 0 Å². The van der Waals surface area contributed by atoms with E-state index in [0.29, 0.717) is 5.69 Å². The second-order valence-electron chi connectivity index (χ2n) is 6.63. The molecular weight excluding hydrogens is 300 g/mol. The summed E-state index contributed by atoms with van der Waals surface area (Å²) in [5, 5.41) is 2.92. The van der Waals surface area contributed by atoms with E-state index in [4.69, 9.17) is 0 Å². The van der Waals surface area contributed by atoms with Crippen LogP contribution in [0.15, 0.2) is 30.6 Å². The van der Waals surface area contributed by atoms with Crippen LogP contribution < -0.4 is 10.2 Å². The summed E-state index contributed by atoms with van der Waals surface area (Å²) in [5.41, 5.74) is 3.37. The number of aryl methyl sites for hydroxylation is 1. The van der Waals surface area contributed by atoms with Gasteiger partial charge in [-0.05, 0) is 49.8 Å². The van der Waals surface area contributed by atoms with E-state index in [1.807, 2.05) is 32.0 Å². The fraction of sp³-hybridized carbons (Fsp3) is 0.421. The van der Waals surface area contributed by atoms with Crippen LogP contribution in [-0.4, -0.2) is 29.0 Å². The molecule has 3 rings (SSSR count). The normalized spacial score (nSPS) is 15.4. The second-order valence-corrected chi connectivity index (χ2v) is 6.63. The van der Waals surface area contributed by atoms with E-state index in [2.05, 4.69) is 27.1 Å². The van der Waals surface area contributed by atoms with Gasteiger partial charge < -0.3 is 10.2 Å². The van der Waals surface area contributed by atoms with Crippen LogP contribution in [-0.2, 0) is 0 Å². The van der Waals surface area contributed by atoms with E-state index in [-0.39, 0.29) is 5.91 Å². The molecule has 1 saturated heterocycles. The van der Waals surface area contributed by atoms with Gasteiger partial charge in [0, 0.05) is 18.8 Å². The van der Waals surface area contributed by atoms with Gasteiger partial charge in [-0.1, -0.05) is 19.1 Å². The summed E-state index contributed by atoms with van der Waals surface area (Å²) in [5.74, 6) is 1.40. The van der Waals surface area contributed by atoms with Crippen molar-refractivity contribution in [3.05, 3.63) is 47.4 Å². The molecule has 1 aliphatic rings. The van der Waals surface area contributed by atoms with Gasteiger partial charge in [0.2, 0.25) is 0 Å². The fourth-order valence-corrected chi connectivity index (χ4v) is 2.91. The van der Waals surface area contributed by atoms with Gasteiger partial charge in [0.05, 0.1) is 12.4 Å². The maximum atomic E-state index is 12.4. The van der Waals surface area contributed by atoms with Gasteiger partial charge in [-0.15, -0.1) is 0 Å². The van der Waals surface area contributed by atoms with Crippen molar-refractivity contribution < 1.29 is 4.79 Å². The number of hydrogen-bond donors (Lipinski definition) is 1. The summed E-state index contributed by atoms with van der Waals surface area (Å²) >= 11 is 0. The average Bonchev–Trinajstić information content (AvgIpc) is 2.60. The quantitative estimate of drug-likeness (QED) is 0.937. The van der Waals surface area contributed by atoms with Crippen LogP contribution in [0.4, 0.5) is 11.5 Å². The average molecular weight is 324 g/mol. The number of benzene rings is 1. The summed E-state index contributed by atoms with van der Waals surface area (Å²) in [4.78, 5) is 23.4. The lowest BCUT2D eigenvalue weighted by Crippen LogP contribution is -2.33. The third kappa shape index (κ3) is 3.55. The molecule has 1 amide bonds. The number of rotatable bonds is 3. The zero-order valence-corrected chi connectivity index (χ0v) is 14.5. The molecule has 2 heterocycles. The summed E-state index contributed by atoms with van der Waals surface area (Å²) < 4.78 is 0. The summed E-state index contributed by atoms with van der Waals surface area (Å²) in [7, 11) is 0. The van der Waals surface area contributed by atoms with Crippen molar-refractivity contribution in [3.63, 3.8) is 0 Å². The second kappa shape index (κ2) is 6.99. The fourth-order valence-electron chi connectivity index (χ4n) is 2.91. The predicted molar refractivity (Wildman–Crippen MR) is 96.5 cm³/mol. The molecule has 0 spiro atoms. The van der Waals surface area contributed by atoms with Crippen LogP contribution in [0.5, 0.6) is 0 Å². The van der Waals surface area contributed by atoms with E-state index in [0.717, 1.165) is 41.6 Å². The minimum atomic E-state index is -0.227. The molecule has 0 bridgehead atoms. The van der Waals surface area contributed by atoms with Crippen molar-refractivity contribution in [1.82, 2.24) is 9.97 Å². The van der Waals surface area contributed by atoms with Crippen molar-refractivity contribution in [2.24, 2.45) is 5.92 Å². The number of piperidine rings is 1. The number of nitrogens with zero attached hydrogens (tertiary/aromatic N) is 3. The number of amides is 1. The monoisotopic (exact) mass is 324 g/mol. The van der Waals surface area contributed by atoms with Gasteiger partial charge in [-0.2, -0.15) is 0 Å². The summed E-state index contributed by atoms with van der Waals surface area (Å²) in [6, 6.07) is 5.86. The molecule has 1 N–H and O–H groups in total. The molecule has 5 nitrogen and oxygen atoms in total. The van der Waals surface area contributed by atoms with Gasteiger partial charge in [0.1, 0.15) is 11.5 Å². The standard InChI is InChI=1S/C19H24N4O/c1-13-7-9-23(10-8-13)18-12-20-17(11-21-18)19(24)22-16-6-4-5-14(2)15(16)3/h4-6,11-13H,7-10H2,1-3H3,(H,22,24). The molecular formula is C19H24N4O. The first-order valence-electron chi connectivity index (χ1n) is 8.49. The Morgan fingerprint density at radius 3 is 2.58 bits per heavy atom. The Balaban J connectivity index is 1.69. The molecule has 24 heavy (non-hydrogen) atoms. The van der Waals surface area contributed by atoms with Crippen molar-refractivity contribution in [1.29, 1.82) is 0 Å². The van der Waals surface area contributed by atoms with Crippen molar-refractivity contribution in [2.75, 3.05) is 23.3 Å². The predicted octanol–water partition coefficient (Wildman–Crippen LogP) is 3.58. The SMILES string of the molecule is Cc1cccc(NC(=O)c2cnc(N3CCC(C)CC3)cn2)c1C. The van der Waals surface area contributed by atoms with Crippen molar-refractivity contribution in [3.8, 4) is 0 Å². The van der Waals surface area contributed by atoms with Crippen LogP contribution in [0.3, 0.4) is 0 Å². The summed E-state index contributed by atoms with van der Waals surface area (Å²) in [6.07, 6.45) is 5.62. The molecule has 0 saturated carbocycles. The van der Waals surface area contributed by atoms with E-state index in [1.54, 1.807) is 12.4 Å². The Hall–Kier alpha value is -2.43. The van der Waals surface area contributed by atoms with Gasteiger partial charge in [0.25, 0.3) is 5.91 Å². The summed E-state index contributed by atoms with van der Waals surface area (Å²) in [6.45, 7) is 8.31. The highest BCUT2D eigenvalue weighted by Gasteiger charge is 2.18. The number of aromatic nitrogens is 2. The third-order valence-corrected chi connectivity index (χ3v) is 4.83. The van der Waals surface area contributed by atoms with Crippen LogP contribution in [0.2, 0.25) is 0 Å². The molecule has 1 aromatic carbocycles. The number of nitrogens with one attached hydrogen (secondary N) is 1. The Morgan fingerprint density at radius 2 is 1.92 bits per heavy atom. The van der Waals surface area contributed by atoms with Gasteiger partial charge in [0.15, 0.2) is 0 Å². The molecule has 0 aliphatic carbocycles. The topological polar surface area (TPSA) is 58.1 Å². The van der Waals surface area contributed by atoms with Gasteiger partial charge >= 0.3 is 0 Å². The van der Waals surface area contributed by atoms with Crippen molar-refractivity contribution in [2.45, 2.75) is 33.6 Å². The minimum absolute atomic E-state index is 0.227. The Kier molecular flexibility index (Phi) is 4.79. The first kappa shape index (κ1) is 16.4. The zero-order valence-electron chi connectivity index (χ0n) is 14.5. The number of anilines is 2. The number of carbonyl (C=O) groups is 1.